The van der Waals surface area contributed by atoms with Crippen LogP contribution < -0.4 is 5.73 Å². The maximum absolute atomic E-state index is 13.2. The van der Waals surface area contributed by atoms with Crippen LogP contribution in [0.25, 0.3) is 0 Å². The number of halogens is 3. The highest BCUT2D eigenvalue weighted by Crippen LogP contribution is 2.16. The lowest BCUT2D eigenvalue weighted by Gasteiger charge is -2.15. The van der Waals surface area contributed by atoms with Crippen LogP contribution in [0, 0.1) is 23.4 Å². The summed E-state index contributed by atoms with van der Waals surface area (Å²) >= 11 is 0. The molecule has 0 bridgehead atoms. The first-order chi connectivity index (χ1) is 9.58. The Morgan fingerprint density at radius 1 is 0.800 bits per heavy atom. The second kappa shape index (κ2) is 6.57. The Morgan fingerprint density at radius 3 is 2.00 bits per heavy atom. The average Bonchev–Trinajstić information content (AvgIpc) is 2.44. The van der Waals surface area contributed by atoms with Gasteiger partial charge in [-0.1, -0.05) is 18.2 Å². The third-order valence-corrected chi connectivity index (χ3v) is 3.28. The van der Waals surface area contributed by atoms with E-state index in [1.54, 1.807) is 18.2 Å². The molecule has 1 atom stereocenters. The SMILES string of the molecule is NCC(Cc1ccc(F)cc1)Cc1ccc(F)c(F)c1. The van der Waals surface area contributed by atoms with E-state index in [4.69, 9.17) is 5.73 Å². The molecule has 2 N–H and O–H groups in total. The van der Waals surface area contributed by atoms with Gasteiger partial charge in [-0.25, -0.2) is 13.2 Å². The van der Waals surface area contributed by atoms with Crippen molar-refractivity contribution >= 4 is 0 Å². The van der Waals surface area contributed by atoms with E-state index in [2.05, 4.69) is 0 Å². The highest BCUT2D eigenvalue weighted by molar-refractivity contribution is 5.20. The zero-order valence-corrected chi connectivity index (χ0v) is 11.0. The highest BCUT2D eigenvalue weighted by atomic mass is 19.2. The van der Waals surface area contributed by atoms with E-state index >= 15 is 0 Å². The molecule has 0 saturated heterocycles. The van der Waals surface area contributed by atoms with Crippen molar-refractivity contribution in [1.29, 1.82) is 0 Å². The highest BCUT2D eigenvalue weighted by Gasteiger charge is 2.11. The Labute approximate surface area is 116 Å². The molecule has 2 aromatic carbocycles. The fraction of sp³-hybridized carbons (Fsp3) is 0.250. The molecule has 0 saturated carbocycles. The minimum Gasteiger partial charge on any atom is -0.330 e. The lowest BCUT2D eigenvalue weighted by atomic mass is 9.92. The van der Waals surface area contributed by atoms with Crippen LogP contribution in [-0.2, 0) is 12.8 Å². The van der Waals surface area contributed by atoms with E-state index in [9.17, 15) is 13.2 Å². The van der Waals surface area contributed by atoms with Gasteiger partial charge < -0.3 is 5.73 Å². The summed E-state index contributed by atoms with van der Waals surface area (Å²) in [5, 5.41) is 0. The van der Waals surface area contributed by atoms with Gasteiger partial charge in [-0.3, -0.25) is 0 Å². The minimum atomic E-state index is -0.850. The Hall–Kier alpha value is -1.81. The molecule has 0 radical (unpaired) electrons. The molecule has 0 heterocycles. The van der Waals surface area contributed by atoms with Crippen LogP contribution in [0.2, 0.25) is 0 Å². The molecule has 1 nitrogen and oxygen atoms in total. The topological polar surface area (TPSA) is 26.0 Å². The molecule has 2 rings (SSSR count). The quantitative estimate of drug-likeness (QED) is 0.891. The van der Waals surface area contributed by atoms with Crippen molar-refractivity contribution in [2.75, 3.05) is 6.54 Å². The summed E-state index contributed by atoms with van der Waals surface area (Å²) in [5.41, 5.74) is 7.41. The predicted octanol–water partition coefficient (Wildman–Crippen LogP) is 3.46. The van der Waals surface area contributed by atoms with Gasteiger partial charge in [0.15, 0.2) is 11.6 Å². The van der Waals surface area contributed by atoms with Crippen molar-refractivity contribution in [3.8, 4) is 0 Å². The second-order valence-electron chi connectivity index (χ2n) is 4.88. The molecule has 0 amide bonds. The van der Waals surface area contributed by atoms with Crippen molar-refractivity contribution in [1.82, 2.24) is 0 Å². The van der Waals surface area contributed by atoms with Crippen LogP contribution in [0.1, 0.15) is 11.1 Å². The van der Waals surface area contributed by atoms with Gasteiger partial charge in [-0.05, 0) is 60.7 Å². The first kappa shape index (κ1) is 14.6. The van der Waals surface area contributed by atoms with E-state index in [0.29, 0.717) is 24.9 Å². The van der Waals surface area contributed by atoms with Gasteiger partial charge in [-0.2, -0.15) is 0 Å². The first-order valence-electron chi connectivity index (χ1n) is 6.47. The Kier molecular flexibility index (Phi) is 4.79. The van der Waals surface area contributed by atoms with Gasteiger partial charge in [0, 0.05) is 0 Å². The normalized spacial score (nSPS) is 12.4. The number of rotatable bonds is 5. The molecule has 0 aromatic heterocycles. The number of hydrogen-bond donors (Lipinski definition) is 1. The predicted molar refractivity (Wildman–Crippen MR) is 72.7 cm³/mol. The van der Waals surface area contributed by atoms with Gasteiger partial charge in [0.2, 0.25) is 0 Å². The number of benzene rings is 2. The fourth-order valence-corrected chi connectivity index (χ4v) is 2.19. The monoisotopic (exact) mass is 279 g/mol. The molecule has 0 aliphatic carbocycles. The molecule has 4 heteroatoms. The van der Waals surface area contributed by atoms with Gasteiger partial charge in [0.1, 0.15) is 5.82 Å². The van der Waals surface area contributed by atoms with E-state index in [1.165, 1.54) is 18.2 Å². The smallest absolute Gasteiger partial charge is 0.159 e. The van der Waals surface area contributed by atoms with Crippen LogP contribution in [0.15, 0.2) is 42.5 Å². The first-order valence-corrected chi connectivity index (χ1v) is 6.47. The van der Waals surface area contributed by atoms with E-state index in [-0.39, 0.29) is 11.7 Å². The average molecular weight is 279 g/mol. The molecule has 20 heavy (non-hydrogen) atoms. The van der Waals surface area contributed by atoms with Crippen LogP contribution in [0.4, 0.5) is 13.2 Å². The molecule has 2 aromatic rings. The lowest BCUT2D eigenvalue weighted by Crippen LogP contribution is -2.19. The van der Waals surface area contributed by atoms with Crippen molar-refractivity contribution in [3.63, 3.8) is 0 Å². The minimum absolute atomic E-state index is 0.102. The van der Waals surface area contributed by atoms with Crippen LogP contribution >= 0.6 is 0 Å². The summed E-state index contributed by atoms with van der Waals surface area (Å²) in [6.45, 7) is 0.427. The summed E-state index contributed by atoms with van der Waals surface area (Å²) in [6.07, 6.45) is 1.24. The molecule has 0 aliphatic rings. The van der Waals surface area contributed by atoms with Gasteiger partial charge in [0.25, 0.3) is 0 Å². The van der Waals surface area contributed by atoms with Crippen molar-refractivity contribution in [2.45, 2.75) is 12.8 Å². The third-order valence-electron chi connectivity index (χ3n) is 3.28. The van der Waals surface area contributed by atoms with E-state index in [0.717, 1.165) is 11.6 Å². The summed E-state index contributed by atoms with van der Waals surface area (Å²) < 4.78 is 38.9. The fourth-order valence-electron chi connectivity index (χ4n) is 2.19. The van der Waals surface area contributed by atoms with Gasteiger partial charge in [-0.15, -0.1) is 0 Å². The largest absolute Gasteiger partial charge is 0.330 e. The number of hydrogen-bond acceptors (Lipinski definition) is 1. The van der Waals surface area contributed by atoms with E-state index < -0.39 is 11.6 Å². The second-order valence-corrected chi connectivity index (χ2v) is 4.88. The zero-order valence-electron chi connectivity index (χ0n) is 11.0. The van der Waals surface area contributed by atoms with Gasteiger partial charge in [0.05, 0.1) is 0 Å². The van der Waals surface area contributed by atoms with E-state index in [1.807, 2.05) is 0 Å². The molecular formula is C16H16F3N. The maximum Gasteiger partial charge on any atom is 0.159 e. The molecule has 106 valence electrons. The summed E-state index contributed by atoms with van der Waals surface area (Å²) in [4.78, 5) is 0. The molecule has 0 aliphatic heterocycles. The third kappa shape index (κ3) is 3.84. The molecule has 0 spiro atoms. The van der Waals surface area contributed by atoms with Crippen molar-refractivity contribution in [2.24, 2.45) is 11.7 Å². The van der Waals surface area contributed by atoms with Crippen LogP contribution in [-0.4, -0.2) is 6.54 Å². The van der Waals surface area contributed by atoms with Crippen molar-refractivity contribution < 1.29 is 13.2 Å². The van der Waals surface area contributed by atoms with Crippen LogP contribution in [0.3, 0.4) is 0 Å². The van der Waals surface area contributed by atoms with Gasteiger partial charge >= 0.3 is 0 Å². The lowest BCUT2D eigenvalue weighted by molar-refractivity contribution is 0.499. The molecule has 1 unspecified atom stereocenters. The Bertz CT molecular complexity index is 566. The standard InChI is InChI=1S/C16H16F3N/c17-14-4-1-11(2-5-14)7-13(10-20)8-12-3-6-15(18)16(19)9-12/h1-6,9,13H,7-8,10,20H2. The summed E-state index contributed by atoms with van der Waals surface area (Å²) in [7, 11) is 0. The number of nitrogens with two attached hydrogens (primary N) is 1. The molecule has 0 fully saturated rings. The Morgan fingerprint density at radius 2 is 1.40 bits per heavy atom. The Balaban J connectivity index is 2.04. The zero-order chi connectivity index (χ0) is 14.5. The van der Waals surface area contributed by atoms with Crippen LogP contribution in [0.5, 0.6) is 0 Å². The van der Waals surface area contributed by atoms with Crippen molar-refractivity contribution in [3.05, 3.63) is 71.0 Å². The maximum atomic E-state index is 13.2. The summed E-state index contributed by atoms with van der Waals surface area (Å²) in [5.74, 6) is -1.87. The summed E-state index contributed by atoms with van der Waals surface area (Å²) in [6, 6.07) is 10.1. The molecular weight excluding hydrogens is 263 g/mol.